The highest BCUT2D eigenvalue weighted by atomic mass is 32.2. The van der Waals surface area contributed by atoms with Gasteiger partial charge in [0.05, 0.1) is 5.75 Å². The molecule has 0 aliphatic heterocycles. The van der Waals surface area contributed by atoms with Gasteiger partial charge in [-0.2, -0.15) is 11.8 Å². The molecule has 0 aromatic heterocycles. The Kier molecular flexibility index (Phi) is 4.35. The average Bonchev–Trinajstić information content (AvgIpc) is 1.68. The molecule has 3 nitrogen and oxygen atoms in total. The standard InChI is InChI=1S/C4H7NO2S/c1-8-3-4(6)2-5-7/h2,7H,3H2,1H3. The lowest BCUT2D eigenvalue weighted by molar-refractivity contribution is -0.110. The van der Waals surface area contributed by atoms with E-state index in [1.54, 1.807) is 0 Å². The number of Topliss-reactive ketones (excluding diaryl/α,β-unsaturated/α-hetero) is 1. The molecule has 0 aromatic carbocycles. The molecule has 46 valence electrons. The van der Waals surface area contributed by atoms with Crippen LogP contribution in [0.2, 0.25) is 0 Å². The third-order valence-electron chi connectivity index (χ3n) is 0.488. The van der Waals surface area contributed by atoms with Gasteiger partial charge in [-0.05, 0) is 6.26 Å². The van der Waals surface area contributed by atoms with Crippen molar-refractivity contribution >= 4 is 23.8 Å². The van der Waals surface area contributed by atoms with Crippen molar-refractivity contribution in [2.45, 2.75) is 0 Å². The molecule has 0 heterocycles. The number of hydrogen-bond acceptors (Lipinski definition) is 4. The van der Waals surface area contributed by atoms with Crippen LogP contribution in [0.3, 0.4) is 0 Å². The number of nitrogens with zero attached hydrogens (tertiary/aromatic N) is 1. The van der Waals surface area contributed by atoms with Crippen LogP contribution in [0, 0.1) is 0 Å². The van der Waals surface area contributed by atoms with Gasteiger partial charge in [0, 0.05) is 0 Å². The quantitative estimate of drug-likeness (QED) is 0.344. The fraction of sp³-hybridized carbons (Fsp3) is 0.500. The van der Waals surface area contributed by atoms with E-state index in [2.05, 4.69) is 5.16 Å². The van der Waals surface area contributed by atoms with E-state index in [9.17, 15) is 4.79 Å². The predicted molar refractivity (Wildman–Crippen MR) is 33.7 cm³/mol. The molecule has 0 saturated heterocycles. The van der Waals surface area contributed by atoms with Crippen molar-refractivity contribution in [3.8, 4) is 0 Å². The van der Waals surface area contributed by atoms with Gasteiger partial charge in [-0.25, -0.2) is 0 Å². The molecule has 0 aromatic rings. The number of oxime groups is 1. The molecule has 1 N–H and O–H groups in total. The van der Waals surface area contributed by atoms with Crippen LogP contribution in [0.25, 0.3) is 0 Å². The molecule has 0 atom stereocenters. The number of ketones is 1. The molecule has 0 bridgehead atoms. The Morgan fingerprint density at radius 3 is 3.00 bits per heavy atom. The van der Waals surface area contributed by atoms with E-state index >= 15 is 0 Å². The average molecular weight is 133 g/mol. The van der Waals surface area contributed by atoms with E-state index in [1.165, 1.54) is 11.8 Å². The topological polar surface area (TPSA) is 49.7 Å². The van der Waals surface area contributed by atoms with Crippen LogP contribution in [0.15, 0.2) is 5.16 Å². The minimum Gasteiger partial charge on any atom is -0.411 e. The van der Waals surface area contributed by atoms with Gasteiger partial charge in [0.2, 0.25) is 0 Å². The summed E-state index contributed by atoms with van der Waals surface area (Å²) in [5, 5.41) is 10.4. The zero-order valence-electron chi connectivity index (χ0n) is 4.50. The maximum atomic E-state index is 10.3. The second-order valence-corrected chi connectivity index (χ2v) is 2.01. The summed E-state index contributed by atoms with van der Waals surface area (Å²) >= 11 is 1.40. The minimum absolute atomic E-state index is 0.167. The Morgan fingerprint density at radius 1 is 2.00 bits per heavy atom. The van der Waals surface area contributed by atoms with Crippen LogP contribution in [0.1, 0.15) is 0 Å². The number of carbonyl (C=O) groups is 1. The Labute approximate surface area is 51.8 Å². The van der Waals surface area contributed by atoms with Crippen molar-refractivity contribution in [3.05, 3.63) is 0 Å². The SMILES string of the molecule is CSCC(=O)C=NO. The summed E-state index contributed by atoms with van der Waals surface area (Å²) in [5.74, 6) is 0.212. The van der Waals surface area contributed by atoms with Gasteiger partial charge >= 0.3 is 0 Å². The molecule has 0 rings (SSSR count). The zero-order valence-corrected chi connectivity index (χ0v) is 5.31. The molecule has 0 saturated carbocycles. The van der Waals surface area contributed by atoms with E-state index in [0.717, 1.165) is 6.21 Å². The molecule has 0 spiro atoms. The molecule has 0 radical (unpaired) electrons. The minimum atomic E-state index is -0.167. The van der Waals surface area contributed by atoms with Crippen molar-refractivity contribution in [2.75, 3.05) is 12.0 Å². The molecule has 0 aliphatic carbocycles. The molecule has 0 aliphatic rings. The van der Waals surface area contributed by atoms with Crippen molar-refractivity contribution < 1.29 is 10.0 Å². The lowest BCUT2D eigenvalue weighted by atomic mass is 10.5. The summed E-state index contributed by atoms with van der Waals surface area (Å²) in [6.07, 6.45) is 2.71. The van der Waals surface area contributed by atoms with Gasteiger partial charge in [0.15, 0.2) is 5.78 Å². The van der Waals surface area contributed by atoms with Crippen LogP contribution in [0.4, 0.5) is 0 Å². The summed E-state index contributed by atoms with van der Waals surface area (Å²) in [7, 11) is 0. The van der Waals surface area contributed by atoms with Crippen molar-refractivity contribution in [3.63, 3.8) is 0 Å². The summed E-state index contributed by atoms with van der Waals surface area (Å²) < 4.78 is 0. The summed E-state index contributed by atoms with van der Waals surface area (Å²) in [5.41, 5.74) is 0. The second kappa shape index (κ2) is 4.64. The Bertz CT molecular complexity index is 102. The first kappa shape index (κ1) is 7.49. The van der Waals surface area contributed by atoms with E-state index in [-0.39, 0.29) is 5.78 Å². The van der Waals surface area contributed by atoms with Gasteiger partial charge in [-0.15, -0.1) is 0 Å². The van der Waals surface area contributed by atoms with Gasteiger partial charge in [-0.1, -0.05) is 5.16 Å². The van der Waals surface area contributed by atoms with Crippen LogP contribution >= 0.6 is 11.8 Å². The molecule has 0 amide bonds. The van der Waals surface area contributed by atoms with Crippen LogP contribution < -0.4 is 0 Å². The van der Waals surface area contributed by atoms with Gasteiger partial charge in [-0.3, -0.25) is 4.79 Å². The summed E-state index contributed by atoms with van der Waals surface area (Å²) in [6, 6.07) is 0. The fourth-order valence-electron chi connectivity index (χ4n) is 0.244. The third-order valence-corrected chi connectivity index (χ3v) is 1.06. The largest absolute Gasteiger partial charge is 0.411 e. The Balaban J connectivity index is 3.33. The van der Waals surface area contributed by atoms with Gasteiger partial charge in [0.1, 0.15) is 6.21 Å². The van der Waals surface area contributed by atoms with Crippen molar-refractivity contribution in [1.29, 1.82) is 0 Å². The van der Waals surface area contributed by atoms with E-state index in [1.807, 2.05) is 6.26 Å². The lowest BCUT2D eigenvalue weighted by Crippen LogP contribution is -2.01. The first-order valence-electron chi connectivity index (χ1n) is 2.00. The molecule has 0 fully saturated rings. The normalized spacial score (nSPS) is 10.1. The second-order valence-electron chi connectivity index (χ2n) is 1.14. The fourth-order valence-corrected chi connectivity index (χ4v) is 0.603. The van der Waals surface area contributed by atoms with Crippen LogP contribution in [-0.4, -0.2) is 29.2 Å². The molecule has 0 unspecified atom stereocenters. The zero-order chi connectivity index (χ0) is 6.41. The maximum Gasteiger partial charge on any atom is 0.187 e. The molecular weight excluding hydrogens is 126 g/mol. The van der Waals surface area contributed by atoms with E-state index in [4.69, 9.17) is 5.21 Å². The summed E-state index contributed by atoms with van der Waals surface area (Å²) in [6.45, 7) is 0. The number of thioether (sulfide) groups is 1. The van der Waals surface area contributed by atoms with Gasteiger partial charge in [0.25, 0.3) is 0 Å². The number of rotatable bonds is 3. The Morgan fingerprint density at radius 2 is 2.62 bits per heavy atom. The summed E-state index contributed by atoms with van der Waals surface area (Å²) in [4.78, 5) is 10.3. The highest BCUT2D eigenvalue weighted by molar-refractivity contribution is 7.99. The predicted octanol–water partition coefficient (Wildman–Crippen LogP) is 0.379. The maximum absolute atomic E-state index is 10.3. The van der Waals surface area contributed by atoms with Crippen molar-refractivity contribution in [2.24, 2.45) is 5.16 Å². The highest BCUT2D eigenvalue weighted by Crippen LogP contribution is 1.88. The van der Waals surface area contributed by atoms with Crippen LogP contribution in [-0.2, 0) is 4.79 Å². The molecular formula is C4H7NO2S. The first-order chi connectivity index (χ1) is 3.81. The van der Waals surface area contributed by atoms with Gasteiger partial charge < -0.3 is 5.21 Å². The van der Waals surface area contributed by atoms with E-state index < -0.39 is 0 Å². The highest BCUT2D eigenvalue weighted by Gasteiger charge is 1.92. The third kappa shape index (κ3) is 3.67. The van der Waals surface area contributed by atoms with Crippen molar-refractivity contribution in [1.82, 2.24) is 0 Å². The van der Waals surface area contributed by atoms with E-state index in [0.29, 0.717) is 5.75 Å². The number of hydrogen-bond donors (Lipinski definition) is 1. The molecule has 8 heavy (non-hydrogen) atoms. The smallest absolute Gasteiger partial charge is 0.187 e. The monoisotopic (exact) mass is 133 g/mol. The first-order valence-corrected chi connectivity index (χ1v) is 3.40. The molecule has 4 heteroatoms. The number of carbonyl (C=O) groups excluding carboxylic acids is 1. The lowest BCUT2D eigenvalue weighted by Gasteiger charge is -1.83. The van der Waals surface area contributed by atoms with Crippen LogP contribution in [0.5, 0.6) is 0 Å². The Hall–Kier alpha value is -0.510.